The van der Waals surface area contributed by atoms with E-state index in [0.717, 1.165) is 5.69 Å². The maximum Gasteiger partial charge on any atom is 0.297 e. The average Bonchev–Trinajstić information content (AvgIpc) is 2.68. The summed E-state index contributed by atoms with van der Waals surface area (Å²) in [4.78, 5) is 4.21. The lowest BCUT2D eigenvalue weighted by atomic mass is 10.5. The van der Waals surface area contributed by atoms with Gasteiger partial charge in [-0.3, -0.25) is 15.5 Å². The molecule has 1 rings (SSSR count). The monoisotopic (exact) mass is 373 g/mol. The van der Waals surface area contributed by atoms with Gasteiger partial charge in [-0.2, -0.15) is 20.2 Å². The van der Waals surface area contributed by atoms with E-state index < -0.39 is 10.2 Å². The Kier molecular flexibility index (Phi) is 8.58. The van der Waals surface area contributed by atoms with Crippen LogP contribution in [0.1, 0.15) is 12.1 Å². The number of guanidine groups is 1. The van der Waals surface area contributed by atoms with Crippen LogP contribution in [0.25, 0.3) is 0 Å². The molecule has 0 aliphatic heterocycles. The topological polar surface area (TPSA) is 171 Å². The molecule has 0 spiro atoms. The lowest BCUT2D eigenvalue weighted by molar-refractivity contribution is 0.594. The second kappa shape index (κ2) is 9.04. The molecule has 1 aromatic heterocycles. The molecular weight excluding hydrogens is 358 g/mol. The fraction of sp³-hybridized carbons (Fsp3) is 0.375. The van der Waals surface area contributed by atoms with Crippen molar-refractivity contribution >= 4 is 62.6 Å². The lowest BCUT2D eigenvalue weighted by Crippen LogP contribution is -2.35. The Bertz CT molecular complexity index is 588. The van der Waals surface area contributed by atoms with Gasteiger partial charge in [0, 0.05) is 23.3 Å². The van der Waals surface area contributed by atoms with Crippen LogP contribution in [0.3, 0.4) is 0 Å². The highest BCUT2D eigenvalue weighted by Gasteiger charge is 2.06. The molecule has 0 radical (unpaired) electrons. The van der Waals surface area contributed by atoms with Gasteiger partial charge in [0.1, 0.15) is 5.84 Å². The van der Waals surface area contributed by atoms with Crippen molar-refractivity contribution < 1.29 is 8.42 Å². The van der Waals surface area contributed by atoms with Crippen LogP contribution in [-0.4, -0.2) is 30.9 Å². The van der Waals surface area contributed by atoms with E-state index in [1.54, 1.807) is 0 Å². The standard InChI is InChI=1S/C8H15N7O2S3.ClH/c9-6(15-20(12,16)17)1-2-18-3-5-4-19-8(13-5)14-7(10)11;/h4H,1-3H2,(H2,9,15)(H2,12,16,17)(H4,10,11,13,14);1H. The Hall–Kier alpha value is -1.08. The third-order valence-corrected chi connectivity index (χ3v) is 4.14. The van der Waals surface area contributed by atoms with E-state index in [2.05, 4.69) is 10.3 Å². The second-order valence-electron chi connectivity index (χ2n) is 3.61. The highest BCUT2D eigenvalue weighted by Crippen LogP contribution is 2.19. The number of aromatic nitrogens is 1. The van der Waals surface area contributed by atoms with Gasteiger partial charge in [-0.15, -0.1) is 23.7 Å². The van der Waals surface area contributed by atoms with E-state index >= 15 is 0 Å². The number of hydrogen-bond donors (Lipinski definition) is 6. The summed E-state index contributed by atoms with van der Waals surface area (Å²) < 4.78 is 23.2. The normalized spacial score (nSPS) is 10.5. The molecule has 0 aliphatic rings. The minimum atomic E-state index is -3.86. The molecular formula is C8H16ClN7O2S3. The molecule has 1 aromatic rings. The first-order valence-electron chi connectivity index (χ1n) is 5.27. The van der Waals surface area contributed by atoms with E-state index in [-0.39, 0.29) is 30.6 Å². The van der Waals surface area contributed by atoms with Crippen LogP contribution in [0.5, 0.6) is 0 Å². The highest BCUT2D eigenvalue weighted by molar-refractivity contribution is 7.98. The lowest BCUT2D eigenvalue weighted by Gasteiger charge is -2.04. The first-order chi connectivity index (χ1) is 9.26. The average molecular weight is 374 g/mol. The van der Waals surface area contributed by atoms with Gasteiger partial charge in [-0.25, -0.2) is 10.1 Å². The van der Waals surface area contributed by atoms with E-state index in [1.807, 2.05) is 10.1 Å². The number of thiazole rings is 1. The zero-order chi connectivity index (χ0) is 15.2. The minimum Gasteiger partial charge on any atom is -0.370 e. The molecule has 0 amide bonds. The fourth-order valence-corrected chi connectivity index (χ4v) is 3.24. The molecule has 0 atom stereocenters. The van der Waals surface area contributed by atoms with Crippen molar-refractivity contribution in [1.82, 2.24) is 9.71 Å². The third kappa shape index (κ3) is 9.47. The predicted molar refractivity (Wildman–Crippen MR) is 89.6 cm³/mol. The molecule has 13 heteroatoms. The Morgan fingerprint density at radius 3 is 2.71 bits per heavy atom. The smallest absolute Gasteiger partial charge is 0.297 e. The van der Waals surface area contributed by atoms with Crippen molar-refractivity contribution in [2.75, 3.05) is 11.1 Å². The molecule has 1 heterocycles. The summed E-state index contributed by atoms with van der Waals surface area (Å²) in [6.45, 7) is 0. The Balaban J connectivity index is 0.00000400. The summed E-state index contributed by atoms with van der Waals surface area (Å²) >= 11 is 2.85. The van der Waals surface area contributed by atoms with Crippen molar-refractivity contribution in [3.8, 4) is 0 Å². The van der Waals surface area contributed by atoms with Crippen molar-refractivity contribution in [1.29, 1.82) is 10.8 Å². The van der Waals surface area contributed by atoms with Gasteiger partial charge in [0.25, 0.3) is 10.2 Å². The number of nitrogens with two attached hydrogens (primary N) is 2. The van der Waals surface area contributed by atoms with Crippen molar-refractivity contribution in [3.05, 3.63) is 11.1 Å². The van der Waals surface area contributed by atoms with Crippen LogP contribution in [0.15, 0.2) is 5.38 Å². The first-order valence-corrected chi connectivity index (χ1v) is 8.85. The van der Waals surface area contributed by atoms with E-state index in [0.29, 0.717) is 16.6 Å². The summed E-state index contributed by atoms with van der Waals surface area (Å²) in [5, 5.41) is 24.2. The van der Waals surface area contributed by atoms with Gasteiger partial charge in [0.15, 0.2) is 11.1 Å². The van der Waals surface area contributed by atoms with Gasteiger partial charge in [-0.05, 0) is 0 Å². The maximum atomic E-state index is 10.7. The Morgan fingerprint density at radius 2 is 2.14 bits per heavy atom. The summed E-state index contributed by atoms with van der Waals surface area (Å²) in [5.74, 6) is 0.880. The number of nitrogens with one attached hydrogen (secondary N) is 4. The molecule has 0 fully saturated rings. The van der Waals surface area contributed by atoms with Crippen molar-refractivity contribution in [2.45, 2.75) is 12.2 Å². The molecule has 9 nitrogen and oxygen atoms in total. The predicted octanol–water partition coefficient (Wildman–Crippen LogP) is 0.264. The molecule has 0 aromatic carbocycles. The number of anilines is 1. The largest absolute Gasteiger partial charge is 0.370 e. The van der Waals surface area contributed by atoms with Gasteiger partial charge >= 0.3 is 0 Å². The van der Waals surface area contributed by atoms with E-state index in [9.17, 15) is 8.42 Å². The molecule has 0 unspecified atom stereocenters. The maximum absolute atomic E-state index is 10.7. The number of nitrogens with zero attached hydrogens (tertiary/aromatic N) is 1. The summed E-state index contributed by atoms with van der Waals surface area (Å²) in [6.07, 6.45) is 0.268. The molecule has 0 aliphatic carbocycles. The number of thioether (sulfide) groups is 1. The Labute approximate surface area is 136 Å². The quantitative estimate of drug-likeness (QED) is 0.227. The SMILES string of the molecule is Cl.N=C(N)Nc1nc(CSCCC(=N)NS(N)(=O)=O)cs1. The van der Waals surface area contributed by atoms with Crippen molar-refractivity contribution in [2.24, 2.45) is 10.9 Å². The van der Waals surface area contributed by atoms with Gasteiger partial charge in [-0.1, -0.05) is 0 Å². The van der Waals surface area contributed by atoms with Crippen molar-refractivity contribution in [3.63, 3.8) is 0 Å². The molecule has 21 heavy (non-hydrogen) atoms. The number of rotatable bonds is 7. The van der Waals surface area contributed by atoms with Crippen LogP contribution in [-0.2, 0) is 16.0 Å². The summed E-state index contributed by atoms with van der Waals surface area (Å²) in [5.41, 5.74) is 6.01. The van der Waals surface area contributed by atoms with Crippen LogP contribution >= 0.6 is 35.5 Å². The van der Waals surface area contributed by atoms with Crippen LogP contribution in [0, 0.1) is 10.8 Å². The first kappa shape index (κ1) is 19.9. The number of halogens is 1. The van der Waals surface area contributed by atoms with Gasteiger partial charge < -0.3 is 11.1 Å². The zero-order valence-corrected chi connectivity index (χ0v) is 14.0. The minimum absolute atomic E-state index is 0. The Morgan fingerprint density at radius 1 is 1.48 bits per heavy atom. The number of hydrogen-bond acceptors (Lipinski definition) is 7. The van der Waals surface area contributed by atoms with Crippen LogP contribution in [0.2, 0.25) is 0 Å². The highest BCUT2D eigenvalue weighted by atomic mass is 35.5. The van der Waals surface area contributed by atoms with Crippen LogP contribution in [0.4, 0.5) is 5.13 Å². The second-order valence-corrected chi connectivity index (χ2v) is 6.87. The van der Waals surface area contributed by atoms with Crippen LogP contribution < -0.4 is 20.9 Å². The van der Waals surface area contributed by atoms with Gasteiger partial charge in [0.2, 0.25) is 0 Å². The number of amidine groups is 1. The van der Waals surface area contributed by atoms with E-state index in [4.69, 9.17) is 21.7 Å². The third-order valence-electron chi connectivity index (χ3n) is 1.81. The van der Waals surface area contributed by atoms with Gasteiger partial charge in [0.05, 0.1) is 5.69 Å². The molecule has 120 valence electrons. The summed E-state index contributed by atoms with van der Waals surface area (Å²) in [7, 11) is -3.86. The zero-order valence-electron chi connectivity index (χ0n) is 10.8. The fourth-order valence-electron chi connectivity index (χ4n) is 1.12. The molecule has 0 saturated carbocycles. The van der Waals surface area contributed by atoms with E-state index in [1.165, 1.54) is 23.1 Å². The molecule has 8 N–H and O–H groups in total. The summed E-state index contributed by atoms with van der Waals surface area (Å²) in [6, 6.07) is 0. The molecule has 0 bridgehead atoms. The molecule has 0 saturated heterocycles.